The standard InChI is InChI=1S/C11H13ClN2O3/c1-17-11(16)5-4-10(15)14-9-3-2-7(12)6-8(9)13/h2-3,6H,4-5,13H2,1H3,(H,14,15). The van der Waals surface area contributed by atoms with Gasteiger partial charge in [-0.15, -0.1) is 0 Å². The van der Waals surface area contributed by atoms with Crippen molar-refractivity contribution < 1.29 is 14.3 Å². The Morgan fingerprint density at radius 3 is 2.71 bits per heavy atom. The Morgan fingerprint density at radius 1 is 1.41 bits per heavy atom. The molecule has 1 amide bonds. The van der Waals surface area contributed by atoms with Crippen molar-refractivity contribution in [1.29, 1.82) is 0 Å². The van der Waals surface area contributed by atoms with Crippen molar-refractivity contribution in [2.24, 2.45) is 0 Å². The first-order valence-electron chi connectivity index (χ1n) is 4.94. The third kappa shape index (κ3) is 4.32. The number of esters is 1. The first-order chi connectivity index (χ1) is 8.02. The fraction of sp³-hybridized carbons (Fsp3) is 0.273. The summed E-state index contributed by atoms with van der Waals surface area (Å²) in [4.78, 5) is 22.3. The number of nitrogens with two attached hydrogens (primary N) is 1. The normalized spacial score (nSPS) is 9.76. The minimum absolute atomic E-state index is 0.0375. The SMILES string of the molecule is COC(=O)CCC(=O)Nc1ccc(Cl)cc1N. The van der Waals surface area contributed by atoms with Gasteiger partial charge in [0.25, 0.3) is 0 Å². The van der Waals surface area contributed by atoms with Gasteiger partial charge in [0.2, 0.25) is 5.91 Å². The zero-order chi connectivity index (χ0) is 12.8. The summed E-state index contributed by atoms with van der Waals surface area (Å²) in [5, 5.41) is 3.08. The highest BCUT2D eigenvalue weighted by atomic mass is 35.5. The summed E-state index contributed by atoms with van der Waals surface area (Å²) in [6.45, 7) is 0. The van der Waals surface area contributed by atoms with Crippen LogP contribution in [0.4, 0.5) is 11.4 Å². The number of ether oxygens (including phenoxy) is 1. The van der Waals surface area contributed by atoms with E-state index in [0.717, 1.165) is 0 Å². The predicted octanol–water partition coefficient (Wildman–Crippen LogP) is 1.81. The Balaban J connectivity index is 2.53. The highest BCUT2D eigenvalue weighted by molar-refractivity contribution is 6.31. The van der Waals surface area contributed by atoms with Crippen molar-refractivity contribution in [2.45, 2.75) is 12.8 Å². The average molecular weight is 257 g/mol. The lowest BCUT2D eigenvalue weighted by Crippen LogP contribution is -2.14. The predicted molar refractivity (Wildman–Crippen MR) is 65.7 cm³/mol. The van der Waals surface area contributed by atoms with Gasteiger partial charge in [-0.1, -0.05) is 11.6 Å². The van der Waals surface area contributed by atoms with E-state index in [0.29, 0.717) is 16.4 Å². The van der Waals surface area contributed by atoms with E-state index in [2.05, 4.69) is 10.1 Å². The number of hydrogen-bond donors (Lipinski definition) is 2. The number of methoxy groups -OCH3 is 1. The molecule has 0 spiro atoms. The van der Waals surface area contributed by atoms with Crippen LogP contribution in [0.25, 0.3) is 0 Å². The van der Waals surface area contributed by atoms with Gasteiger partial charge < -0.3 is 15.8 Å². The Kier molecular flexibility index (Phi) is 4.78. The molecule has 0 aliphatic rings. The number of carbonyl (C=O) groups excluding carboxylic acids is 2. The maximum atomic E-state index is 11.5. The lowest BCUT2D eigenvalue weighted by atomic mass is 10.2. The third-order valence-corrected chi connectivity index (χ3v) is 2.31. The van der Waals surface area contributed by atoms with Crippen molar-refractivity contribution in [3.05, 3.63) is 23.2 Å². The van der Waals surface area contributed by atoms with Gasteiger partial charge in [-0.05, 0) is 18.2 Å². The number of anilines is 2. The Bertz CT molecular complexity index is 435. The van der Waals surface area contributed by atoms with E-state index in [1.54, 1.807) is 12.1 Å². The third-order valence-electron chi connectivity index (χ3n) is 2.07. The smallest absolute Gasteiger partial charge is 0.306 e. The van der Waals surface area contributed by atoms with Crippen LogP contribution in [-0.4, -0.2) is 19.0 Å². The molecular formula is C11H13ClN2O3. The summed E-state index contributed by atoms with van der Waals surface area (Å²) in [5.41, 5.74) is 6.52. The maximum Gasteiger partial charge on any atom is 0.306 e. The molecule has 0 radical (unpaired) electrons. The zero-order valence-corrected chi connectivity index (χ0v) is 10.1. The molecule has 0 aromatic heterocycles. The summed E-state index contributed by atoms with van der Waals surface area (Å²) in [6.07, 6.45) is 0.0879. The molecule has 0 saturated heterocycles. The van der Waals surface area contributed by atoms with Crippen LogP contribution in [-0.2, 0) is 14.3 Å². The van der Waals surface area contributed by atoms with Crippen LogP contribution in [0.2, 0.25) is 5.02 Å². The fourth-order valence-electron chi connectivity index (χ4n) is 1.18. The Morgan fingerprint density at radius 2 is 2.12 bits per heavy atom. The first-order valence-corrected chi connectivity index (χ1v) is 5.32. The maximum absolute atomic E-state index is 11.5. The molecule has 17 heavy (non-hydrogen) atoms. The molecule has 1 aromatic rings. The van der Waals surface area contributed by atoms with E-state index in [1.165, 1.54) is 13.2 Å². The number of benzene rings is 1. The summed E-state index contributed by atoms with van der Waals surface area (Å²) in [5.74, 6) is -0.728. The van der Waals surface area contributed by atoms with Crippen LogP contribution >= 0.6 is 11.6 Å². The molecule has 3 N–H and O–H groups in total. The van der Waals surface area contributed by atoms with E-state index >= 15 is 0 Å². The number of nitrogens with one attached hydrogen (secondary N) is 1. The second-order valence-electron chi connectivity index (χ2n) is 3.36. The molecule has 0 aliphatic heterocycles. The second kappa shape index (κ2) is 6.10. The fourth-order valence-corrected chi connectivity index (χ4v) is 1.36. The Hall–Kier alpha value is -1.75. The minimum atomic E-state index is -0.427. The summed E-state index contributed by atoms with van der Waals surface area (Å²) < 4.78 is 4.43. The topological polar surface area (TPSA) is 81.4 Å². The van der Waals surface area contributed by atoms with Gasteiger partial charge in [-0.2, -0.15) is 0 Å². The monoisotopic (exact) mass is 256 g/mol. The van der Waals surface area contributed by atoms with Gasteiger partial charge in [0, 0.05) is 11.4 Å². The van der Waals surface area contributed by atoms with Crippen molar-refractivity contribution in [3.8, 4) is 0 Å². The number of halogens is 1. The molecule has 6 heteroatoms. The molecule has 0 atom stereocenters. The van der Waals surface area contributed by atoms with Crippen LogP contribution in [0, 0.1) is 0 Å². The van der Waals surface area contributed by atoms with Crippen LogP contribution in [0.1, 0.15) is 12.8 Å². The number of carbonyl (C=O) groups is 2. The lowest BCUT2D eigenvalue weighted by Gasteiger charge is -2.07. The van der Waals surface area contributed by atoms with Crippen molar-refractivity contribution in [2.75, 3.05) is 18.2 Å². The number of amides is 1. The van der Waals surface area contributed by atoms with Crippen LogP contribution in [0.15, 0.2) is 18.2 Å². The summed E-state index contributed by atoms with van der Waals surface area (Å²) >= 11 is 5.72. The number of rotatable bonds is 4. The molecule has 0 saturated carbocycles. The Labute approximate surface area is 104 Å². The summed E-state index contributed by atoms with van der Waals surface area (Å²) in [6, 6.07) is 4.76. The quantitative estimate of drug-likeness (QED) is 0.636. The molecule has 1 aromatic carbocycles. The second-order valence-corrected chi connectivity index (χ2v) is 3.79. The molecule has 0 aliphatic carbocycles. The highest BCUT2D eigenvalue weighted by Gasteiger charge is 2.08. The van der Waals surface area contributed by atoms with Crippen LogP contribution in [0.3, 0.4) is 0 Å². The van der Waals surface area contributed by atoms with Gasteiger partial charge in [0.1, 0.15) is 0 Å². The average Bonchev–Trinajstić information content (AvgIpc) is 2.29. The minimum Gasteiger partial charge on any atom is -0.469 e. The molecule has 1 rings (SSSR count). The van der Waals surface area contributed by atoms with Crippen molar-refractivity contribution >= 4 is 34.9 Å². The van der Waals surface area contributed by atoms with Crippen molar-refractivity contribution in [1.82, 2.24) is 0 Å². The molecule has 92 valence electrons. The molecule has 0 heterocycles. The van der Waals surface area contributed by atoms with E-state index in [4.69, 9.17) is 17.3 Å². The number of nitrogen functional groups attached to an aromatic ring is 1. The van der Waals surface area contributed by atoms with Crippen LogP contribution < -0.4 is 11.1 Å². The molecule has 0 unspecified atom stereocenters. The number of hydrogen-bond acceptors (Lipinski definition) is 4. The van der Waals surface area contributed by atoms with Gasteiger partial charge in [0.15, 0.2) is 0 Å². The zero-order valence-electron chi connectivity index (χ0n) is 9.33. The molecule has 0 fully saturated rings. The van der Waals surface area contributed by atoms with E-state index in [9.17, 15) is 9.59 Å². The van der Waals surface area contributed by atoms with Gasteiger partial charge >= 0.3 is 5.97 Å². The van der Waals surface area contributed by atoms with E-state index in [-0.39, 0.29) is 18.7 Å². The van der Waals surface area contributed by atoms with Gasteiger partial charge in [-0.25, -0.2) is 0 Å². The van der Waals surface area contributed by atoms with E-state index < -0.39 is 5.97 Å². The van der Waals surface area contributed by atoms with Crippen molar-refractivity contribution in [3.63, 3.8) is 0 Å². The van der Waals surface area contributed by atoms with Gasteiger partial charge in [0.05, 0.1) is 24.9 Å². The largest absolute Gasteiger partial charge is 0.469 e. The summed E-state index contributed by atoms with van der Waals surface area (Å²) in [7, 11) is 1.28. The molecule has 5 nitrogen and oxygen atoms in total. The van der Waals surface area contributed by atoms with Gasteiger partial charge in [-0.3, -0.25) is 9.59 Å². The first kappa shape index (κ1) is 13.3. The molecular weight excluding hydrogens is 244 g/mol. The lowest BCUT2D eigenvalue weighted by molar-refractivity contribution is -0.141. The molecule has 0 bridgehead atoms. The van der Waals surface area contributed by atoms with E-state index in [1.807, 2.05) is 0 Å². The van der Waals surface area contributed by atoms with Crippen LogP contribution in [0.5, 0.6) is 0 Å². The highest BCUT2D eigenvalue weighted by Crippen LogP contribution is 2.22.